The summed E-state index contributed by atoms with van der Waals surface area (Å²) < 4.78 is 1.08. The highest BCUT2D eigenvalue weighted by Gasteiger charge is 2.27. The molecule has 76 valence electrons. The molecule has 1 fully saturated rings. The predicted octanol–water partition coefficient (Wildman–Crippen LogP) is 4.31. The summed E-state index contributed by atoms with van der Waals surface area (Å²) in [6.45, 7) is 2.23. The van der Waals surface area contributed by atoms with Crippen LogP contribution in [0.5, 0.6) is 0 Å². The summed E-state index contributed by atoms with van der Waals surface area (Å²) in [5.41, 5.74) is 1.09. The zero-order valence-electron chi connectivity index (χ0n) is 8.06. The second-order valence-corrected chi connectivity index (χ2v) is 5.19. The fourth-order valence-electron chi connectivity index (χ4n) is 1.57. The van der Waals surface area contributed by atoms with Crippen LogP contribution in [0.4, 0.5) is 5.69 Å². The van der Waals surface area contributed by atoms with Gasteiger partial charge in [0.2, 0.25) is 0 Å². The molecule has 14 heavy (non-hydrogen) atoms. The summed E-state index contributed by atoms with van der Waals surface area (Å²) >= 11 is 9.44. The second-order valence-electron chi connectivity index (χ2n) is 3.89. The van der Waals surface area contributed by atoms with Gasteiger partial charge in [0, 0.05) is 15.5 Å². The summed E-state index contributed by atoms with van der Waals surface area (Å²) in [5, 5.41) is 4.26. The van der Waals surface area contributed by atoms with E-state index in [1.807, 2.05) is 18.2 Å². The first-order valence-electron chi connectivity index (χ1n) is 4.88. The fraction of sp³-hybridized carbons (Fsp3) is 0.455. The Morgan fingerprint density at radius 1 is 1.50 bits per heavy atom. The lowest BCUT2D eigenvalue weighted by Crippen LogP contribution is -2.17. The molecule has 0 aliphatic heterocycles. The van der Waals surface area contributed by atoms with E-state index in [0.29, 0.717) is 6.04 Å². The molecule has 0 spiro atoms. The minimum Gasteiger partial charge on any atom is -0.381 e. The zero-order chi connectivity index (χ0) is 10.1. The number of hydrogen-bond donors (Lipinski definition) is 1. The molecular weight excluding hydrogens is 261 g/mol. The largest absolute Gasteiger partial charge is 0.381 e. The molecule has 3 heteroatoms. The van der Waals surface area contributed by atoms with Gasteiger partial charge >= 0.3 is 0 Å². The van der Waals surface area contributed by atoms with Gasteiger partial charge in [0.1, 0.15) is 0 Å². The van der Waals surface area contributed by atoms with Crippen molar-refractivity contribution in [3.05, 3.63) is 27.7 Å². The van der Waals surface area contributed by atoms with Crippen LogP contribution >= 0.6 is 27.5 Å². The van der Waals surface area contributed by atoms with Crippen LogP contribution in [0.3, 0.4) is 0 Å². The molecule has 1 nitrogen and oxygen atoms in total. The van der Waals surface area contributed by atoms with Gasteiger partial charge in [-0.1, -0.05) is 11.6 Å². The molecule has 2 rings (SSSR count). The van der Waals surface area contributed by atoms with Crippen molar-refractivity contribution in [3.8, 4) is 0 Å². The molecule has 0 amide bonds. The van der Waals surface area contributed by atoms with Crippen LogP contribution in [0, 0.1) is 5.92 Å². The third kappa shape index (κ3) is 2.43. The molecule has 1 aliphatic rings. The smallest absolute Gasteiger partial charge is 0.0501 e. The molecule has 0 heterocycles. The van der Waals surface area contributed by atoms with Crippen molar-refractivity contribution in [1.82, 2.24) is 0 Å². The van der Waals surface area contributed by atoms with Crippen molar-refractivity contribution in [1.29, 1.82) is 0 Å². The Kier molecular flexibility index (Phi) is 3.03. The van der Waals surface area contributed by atoms with Crippen LogP contribution in [-0.4, -0.2) is 6.04 Å². The van der Waals surface area contributed by atoms with Gasteiger partial charge in [0.25, 0.3) is 0 Å². The van der Waals surface area contributed by atoms with E-state index in [9.17, 15) is 0 Å². The summed E-state index contributed by atoms with van der Waals surface area (Å²) in [4.78, 5) is 0. The van der Waals surface area contributed by atoms with Crippen molar-refractivity contribution in [2.75, 3.05) is 5.32 Å². The molecule has 1 aliphatic carbocycles. The van der Waals surface area contributed by atoms with Gasteiger partial charge in [-0.05, 0) is 59.8 Å². The fourth-order valence-corrected chi connectivity index (χ4v) is 2.10. The highest BCUT2D eigenvalue weighted by Crippen LogP contribution is 2.35. The van der Waals surface area contributed by atoms with E-state index in [0.717, 1.165) is 21.1 Å². The van der Waals surface area contributed by atoms with E-state index in [2.05, 4.69) is 28.2 Å². The molecule has 1 aromatic carbocycles. The molecule has 1 saturated carbocycles. The minimum atomic E-state index is 0.546. The molecule has 0 saturated heterocycles. The van der Waals surface area contributed by atoms with Crippen LogP contribution in [0.2, 0.25) is 5.02 Å². The maximum Gasteiger partial charge on any atom is 0.0501 e. The topological polar surface area (TPSA) is 12.0 Å². The van der Waals surface area contributed by atoms with Crippen molar-refractivity contribution in [2.45, 2.75) is 25.8 Å². The lowest BCUT2D eigenvalue weighted by molar-refractivity contribution is 0.694. The molecule has 0 aromatic heterocycles. The summed E-state index contributed by atoms with van der Waals surface area (Å²) in [6.07, 6.45) is 2.71. The normalized spacial score (nSPS) is 17.9. The van der Waals surface area contributed by atoms with Gasteiger partial charge in [-0.3, -0.25) is 0 Å². The monoisotopic (exact) mass is 273 g/mol. The van der Waals surface area contributed by atoms with Gasteiger partial charge in [-0.2, -0.15) is 0 Å². The number of hydrogen-bond acceptors (Lipinski definition) is 1. The van der Waals surface area contributed by atoms with E-state index in [1.54, 1.807) is 0 Å². The lowest BCUT2D eigenvalue weighted by atomic mass is 10.2. The van der Waals surface area contributed by atoms with Crippen LogP contribution in [0.15, 0.2) is 22.7 Å². The standard InChI is InChI=1S/C11H13BrClN/c1-7(8-2-3-8)14-11-6-9(13)4-5-10(11)12/h4-8,14H,2-3H2,1H3. The van der Waals surface area contributed by atoms with Crippen LogP contribution < -0.4 is 5.32 Å². The Labute approximate surface area is 98.0 Å². The van der Waals surface area contributed by atoms with Crippen molar-refractivity contribution in [3.63, 3.8) is 0 Å². The Balaban J connectivity index is 2.10. The van der Waals surface area contributed by atoms with Gasteiger partial charge in [-0.15, -0.1) is 0 Å². The summed E-state index contributed by atoms with van der Waals surface area (Å²) in [6, 6.07) is 6.37. The molecule has 1 atom stereocenters. The Morgan fingerprint density at radius 2 is 2.21 bits per heavy atom. The third-order valence-electron chi connectivity index (χ3n) is 2.64. The molecule has 0 radical (unpaired) electrons. The summed E-state index contributed by atoms with van der Waals surface area (Å²) in [7, 11) is 0. The van der Waals surface area contributed by atoms with E-state index in [1.165, 1.54) is 12.8 Å². The van der Waals surface area contributed by atoms with Crippen molar-refractivity contribution < 1.29 is 0 Å². The van der Waals surface area contributed by atoms with E-state index in [-0.39, 0.29) is 0 Å². The van der Waals surface area contributed by atoms with Crippen molar-refractivity contribution in [2.24, 2.45) is 5.92 Å². The number of nitrogens with one attached hydrogen (secondary N) is 1. The average molecular weight is 275 g/mol. The molecule has 0 bridgehead atoms. The lowest BCUT2D eigenvalue weighted by Gasteiger charge is -2.15. The quantitative estimate of drug-likeness (QED) is 0.866. The highest BCUT2D eigenvalue weighted by molar-refractivity contribution is 9.10. The minimum absolute atomic E-state index is 0.546. The second kappa shape index (κ2) is 4.11. The van der Waals surface area contributed by atoms with E-state index < -0.39 is 0 Å². The van der Waals surface area contributed by atoms with Crippen LogP contribution in [0.1, 0.15) is 19.8 Å². The number of anilines is 1. The Bertz CT molecular complexity index is 336. The average Bonchev–Trinajstić information content (AvgIpc) is 2.94. The van der Waals surface area contributed by atoms with Gasteiger partial charge in [0.05, 0.1) is 5.69 Å². The van der Waals surface area contributed by atoms with Gasteiger partial charge < -0.3 is 5.32 Å². The number of halogens is 2. The van der Waals surface area contributed by atoms with Crippen molar-refractivity contribution >= 4 is 33.2 Å². The molecular formula is C11H13BrClN. The Hall–Kier alpha value is -0.210. The maximum atomic E-state index is 5.93. The van der Waals surface area contributed by atoms with E-state index in [4.69, 9.17) is 11.6 Å². The predicted molar refractivity (Wildman–Crippen MR) is 65.0 cm³/mol. The molecule has 1 unspecified atom stereocenters. The van der Waals surface area contributed by atoms with E-state index >= 15 is 0 Å². The van der Waals surface area contributed by atoms with Crippen LogP contribution in [-0.2, 0) is 0 Å². The summed E-state index contributed by atoms with van der Waals surface area (Å²) in [5.74, 6) is 0.848. The van der Waals surface area contributed by atoms with Gasteiger partial charge in [-0.25, -0.2) is 0 Å². The first-order valence-corrected chi connectivity index (χ1v) is 6.05. The van der Waals surface area contributed by atoms with Crippen LogP contribution in [0.25, 0.3) is 0 Å². The molecule has 1 aromatic rings. The highest BCUT2D eigenvalue weighted by atomic mass is 79.9. The first kappa shape index (κ1) is 10.3. The SMILES string of the molecule is CC(Nc1cc(Cl)ccc1Br)C1CC1. The molecule has 1 N–H and O–H groups in total. The first-order chi connectivity index (χ1) is 6.66. The van der Waals surface area contributed by atoms with Gasteiger partial charge in [0.15, 0.2) is 0 Å². The number of rotatable bonds is 3. The Morgan fingerprint density at radius 3 is 2.86 bits per heavy atom. The maximum absolute atomic E-state index is 5.93. The number of benzene rings is 1. The zero-order valence-corrected chi connectivity index (χ0v) is 10.4. The third-order valence-corrected chi connectivity index (χ3v) is 3.57.